The number of allylic oxidation sites excluding steroid dienone is 2. The van der Waals surface area contributed by atoms with Gasteiger partial charge >= 0.3 is 0 Å². The number of hydrogen-bond acceptors (Lipinski definition) is 1. The van der Waals surface area contributed by atoms with Gasteiger partial charge in [0.25, 0.3) is 0 Å². The SMILES string of the molecule is C.O=CC1CC/C=C\CCC1. The van der Waals surface area contributed by atoms with E-state index in [-0.39, 0.29) is 7.43 Å². The first kappa shape index (κ1) is 10.4. The van der Waals surface area contributed by atoms with Crippen molar-refractivity contribution in [1.29, 1.82) is 0 Å². The summed E-state index contributed by atoms with van der Waals surface area (Å²) in [6, 6.07) is 0. The predicted octanol–water partition coefficient (Wildman–Crippen LogP) is 2.96. The fraction of sp³-hybridized carbons (Fsp3) is 0.700. The molecule has 0 N–H and O–H groups in total. The molecule has 0 bridgehead atoms. The molecule has 0 aliphatic heterocycles. The topological polar surface area (TPSA) is 17.1 Å². The van der Waals surface area contributed by atoms with Crippen molar-refractivity contribution in [2.75, 3.05) is 0 Å². The Hall–Kier alpha value is -0.590. The number of carbonyl (C=O) groups is 1. The van der Waals surface area contributed by atoms with Crippen LogP contribution in [-0.4, -0.2) is 6.29 Å². The van der Waals surface area contributed by atoms with Gasteiger partial charge in [-0.2, -0.15) is 0 Å². The Bertz CT molecular complexity index is 127. The van der Waals surface area contributed by atoms with Crippen LogP contribution in [0.4, 0.5) is 0 Å². The molecule has 0 saturated heterocycles. The lowest BCUT2D eigenvalue weighted by Gasteiger charge is -2.09. The van der Waals surface area contributed by atoms with Crippen LogP contribution in [0.5, 0.6) is 0 Å². The summed E-state index contributed by atoms with van der Waals surface area (Å²) < 4.78 is 0. The first-order valence-corrected chi connectivity index (χ1v) is 4.04. The zero-order valence-corrected chi connectivity index (χ0v) is 6.25. The van der Waals surface area contributed by atoms with Gasteiger partial charge in [0, 0.05) is 5.92 Å². The van der Waals surface area contributed by atoms with Crippen LogP contribution in [0.25, 0.3) is 0 Å². The third kappa shape index (κ3) is 3.97. The minimum atomic E-state index is 0. The smallest absolute Gasteiger partial charge is 0.123 e. The summed E-state index contributed by atoms with van der Waals surface area (Å²) in [7, 11) is 0. The molecule has 1 unspecified atom stereocenters. The van der Waals surface area contributed by atoms with E-state index in [1.807, 2.05) is 0 Å². The normalized spacial score (nSPS) is 27.5. The Morgan fingerprint density at radius 3 is 2.64 bits per heavy atom. The third-order valence-corrected chi connectivity index (χ3v) is 2.01. The van der Waals surface area contributed by atoms with Crippen molar-refractivity contribution >= 4 is 6.29 Å². The van der Waals surface area contributed by atoms with Crippen molar-refractivity contribution in [3.63, 3.8) is 0 Å². The van der Waals surface area contributed by atoms with Gasteiger partial charge < -0.3 is 4.79 Å². The molecular weight excluding hydrogens is 136 g/mol. The molecule has 0 radical (unpaired) electrons. The summed E-state index contributed by atoms with van der Waals surface area (Å²) in [5.41, 5.74) is 0. The Labute approximate surface area is 69.5 Å². The molecule has 1 heteroatoms. The maximum absolute atomic E-state index is 10.4. The van der Waals surface area contributed by atoms with E-state index in [0.717, 1.165) is 32.0 Å². The summed E-state index contributed by atoms with van der Waals surface area (Å²) >= 11 is 0. The molecule has 11 heavy (non-hydrogen) atoms. The zero-order valence-electron chi connectivity index (χ0n) is 6.25. The highest BCUT2D eigenvalue weighted by atomic mass is 16.1. The van der Waals surface area contributed by atoms with Gasteiger partial charge in [-0.15, -0.1) is 0 Å². The summed E-state index contributed by atoms with van der Waals surface area (Å²) in [6.45, 7) is 0. The minimum absolute atomic E-state index is 0. The minimum Gasteiger partial charge on any atom is -0.303 e. The van der Waals surface area contributed by atoms with Crippen LogP contribution in [0.2, 0.25) is 0 Å². The molecule has 0 amide bonds. The lowest BCUT2D eigenvalue weighted by molar-refractivity contribution is -0.111. The van der Waals surface area contributed by atoms with Gasteiger partial charge in [0.15, 0.2) is 0 Å². The molecular formula is C10H18O. The number of hydrogen-bond donors (Lipinski definition) is 0. The average Bonchev–Trinajstić information content (AvgIpc) is 1.87. The maximum Gasteiger partial charge on any atom is 0.123 e. The second kappa shape index (κ2) is 6.14. The molecule has 0 heterocycles. The highest BCUT2D eigenvalue weighted by Crippen LogP contribution is 2.15. The van der Waals surface area contributed by atoms with Crippen LogP contribution < -0.4 is 0 Å². The Morgan fingerprint density at radius 1 is 1.18 bits per heavy atom. The second-order valence-electron chi connectivity index (χ2n) is 2.88. The van der Waals surface area contributed by atoms with Crippen molar-refractivity contribution in [3.8, 4) is 0 Å². The van der Waals surface area contributed by atoms with Crippen molar-refractivity contribution in [2.24, 2.45) is 5.92 Å². The van der Waals surface area contributed by atoms with Crippen LogP contribution in [-0.2, 0) is 4.79 Å². The molecule has 0 aromatic rings. The summed E-state index contributed by atoms with van der Waals surface area (Å²) in [5, 5.41) is 0. The van der Waals surface area contributed by atoms with E-state index >= 15 is 0 Å². The van der Waals surface area contributed by atoms with E-state index in [4.69, 9.17) is 0 Å². The molecule has 1 rings (SSSR count). The van der Waals surface area contributed by atoms with Crippen molar-refractivity contribution < 1.29 is 4.79 Å². The second-order valence-corrected chi connectivity index (χ2v) is 2.88. The largest absolute Gasteiger partial charge is 0.303 e. The van der Waals surface area contributed by atoms with Crippen molar-refractivity contribution in [1.82, 2.24) is 0 Å². The van der Waals surface area contributed by atoms with Gasteiger partial charge in [-0.1, -0.05) is 19.6 Å². The number of rotatable bonds is 1. The summed E-state index contributed by atoms with van der Waals surface area (Å²) in [5.74, 6) is 0.338. The van der Waals surface area contributed by atoms with Gasteiger partial charge in [-0.3, -0.25) is 0 Å². The highest BCUT2D eigenvalue weighted by Gasteiger charge is 2.06. The fourth-order valence-electron chi connectivity index (χ4n) is 1.32. The first-order valence-electron chi connectivity index (χ1n) is 4.04. The summed E-state index contributed by atoms with van der Waals surface area (Å²) in [4.78, 5) is 10.4. The summed E-state index contributed by atoms with van der Waals surface area (Å²) in [6.07, 6.45) is 11.1. The molecule has 1 nitrogen and oxygen atoms in total. The van der Waals surface area contributed by atoms with Crippen molar-refractivity contribution in [2.45, 2.75) is 39.5 Å². The number of carbonyl (C=O) groups excluding carboxylic acids is 1. The Morgan fingerprint density at radius 2 is 1.91 bits per heavy atom. The van der Waals surface area contributed by atoms with Gasteiger partial charge in [-0.05, 0) is 32.1 Å². The van der Waals surface area contributed by atoms with E-state index in [2.05, 4.69) is 12.2 Å². The van der Waals surface area contributed by atoms with Gasteiger partial charge in [-0.25, -0.2) is 0 Å². The van der Waals surface area contributed by atoms with E-state index < -0.39 is 0 Å². The van der Waals surface area contributed by atoms with E-state index in [1.165, 1.54) is 6.42 Å². The Balaban J connectivity index is 0.000001000. The molecule has 1 aliphatic carbocycles. The Kier molecular flexibility index (Phi) is 5.81. The molecule has 0 saturated carbocycles. The molecule has 0 aromatic heterocycles. The third-order valence-electron chi connectivity index (χ3n) is 2.01. The standard InChI is InChI=1S/C9H14O.CH4/c10-8-9-6-4-2-1-3-5-7-9;/h1-2,8-9H,3-7H2;1H4/b2-1-;. The van der Waals surface area contributed by atoms with E-state index in [0.29, 0.717) is 5.92 Å². The van der Waals surface area contributed by atoms with Crippen molar-refractivity contribution in [3.05, 3.63) is 12.2 Å². The quantitative estimate of drug-likeness (QED) is 0.419. The van der Waals surface area contributed by atoms with Gasteiger partial charge in [0.1, 0.15) is 6.29 Å². The molecule has 64 valence electrons. The van der Waals surface area contributed by atoms with Crippen LogP contribution in [0.15, 0.2) is 12.2 Å². The molecule has 0 aromatic carbocycles. The van der Waals surface area contributed by atoms with Crippen LogP contribution in [0.1, 0.15) is 39.5 Å². The first-order chi connectivity index (χ1) is 4.93. The van der Waals surface area contributed by atoms with Crippen LogP contribution >= 0.6 is 0 Å². The van der Waals surface area contributed by atoms with Crippen LogP contribution in [0, 0.1) is 5.92 Å². The molecule has 0 spiro atoms. The highest BCUT2D eigenvalue weighted by molar-refractivity contribution is 5.53. The average molecular weight is 154 g/mol. The van der Waals surface area contributed by atoms with Crippen LogP contribution in [0.3, 0.4) is 0 Å². The van der Waals surface area contributed by atoms with Gasteiger partial charge in [0.05, 0.1) is 0 Å². The van der Waals surface area contributed by atoms with E-state index in [9.17, 15) is 4.79 Å². The zero-order chi connectivity index (χ0) is 7.23. The monoisotopic (exact) mass is 154 g/mol. The number of aldehydes is 1. The van der Waals surface area contributed by atoms with Gasteiger partial charge in [0.2, 0.25) is 0 Å². The molecule has 0 fully saturated rings. The molecule has 1 atom stereocenters. The predicted molar refractivity (Wildman–Crippen MR) is 48.5 cm³/mol. The maximum atomic E-state index is 10.4. The lowest BCUT2D eigenvalue weighted by Crippen LogP contribution is -2.02. The molecule has 1 aliphatic rings. The lowest BCUT2D eigenvalue weighted by atomic mass is 9.96. The van der Waals surface area contributed by atoms with E-state index in [1.54, 1.807) is 0 Å². The fourth-order valence-corrected chi connectivity index (χ4v) is 1.32.